The highest BCUT2D eigenvalue weighted by molar-refractivity contribution is 7.85. The number of ether oxygens (including phenoxy) is 7. The van der Waals surface area contributed by atoms with Gasteiger partial charge in [-0.2, -0.15) is 8.42 Å². The maximum absolute atomic E-state index is 16.7. The van der Waals surface area contributed by atoms with Gasteiger partial charge in [0.25, 0.3) is 21.9 Å². The third kappa shape index (κ3) is 24.8. The smallest absolute Gasteiger partial charge is 0.410 e. The number of carboxylic acids is 1. The highest BCUT2D eigenvalue weighted by Gasteiger charge is 2.34. The van der Waals surface area contributed by atoms with Gasteiger partial charge < -0.3 is 74.6 Å². The number of primary amides is 1. The first-order valence-electron chi connectivity index (χ1n) is 38.2. The van der Waals surface area contributed by atoms with E-state index in [-0.39, 0.29) is 118 Å². The van der Waals surface area contributed by atoms with Gasteiger partial charge in [-0.1, -0.05) is 79.9 Å². The van der Waals surface area contributed by atoms with Crippen molar-refractivity contribution in [1.82, 2.24) is 50.6 Å². The number of benzene rings is 5. The number of rotatable bonds is 42. The number of hydrogen-bond donors (Lipinski definition) is 7. The summed E-state index contributed by atoms with van der Waals surface area (Å²) in [5.74, 6) is -2.27. The number of aromatic nitrogens is 4. The lowest BCUT2D eigenvalue weighted by molar-refractivity contribution is -0.913. The Morgan fingerprint density at radius 3 is 2.29 bits per heavy atom. The molecular weight excluding hydrogens is 1600 g/mol. The summed E-state index contributed by atoms with van der Waals surface area (Å²) in [6.45, 7) is 8.45. The summed E-state index contributed by atoms with van der Waals surface area (Å²) < 4.78 is 91.5. The van der Waals surface area contributed by atoms with Crippen molar-refractivity contribution in [1.29, 1.82) is 0 Å². The lowest BCUT2D eigenvalue weighted by atomic mass is 9.95. The molecule has 630 valence electrons. The lowest BCUT2D eigenvalue weighted by Gasteiger charge is -2.42. The van der Waals surface area contributed by atoms with E-state index in [1.165, 1.54) is 53.9 Å². The fourth-order valence-corrected chi connectivity index (χ4v) is 15.2. The van der Waals surface area contributed by atoms with Crippen LogP contribution in [0.25, 0.3) is 43.2 Å². The van der Waals surface area contributed by atoms with Gasteiger partial charge in [0, 0.05) is 93.5 Å². The third-order valence-corrected chi connectivity index (χ3v) is 22.3. The number of carbonyl (C=O) groups is 8. The van der Waals surface area contributed by atoms with Crippen LogP contribution >= 0.6 is 22.9 Å². The minimum atomic E-state index is -4.08. The summed E-state index contributed by atoms with van der Waals surface area (Å²) in [5.41, 5.74) is 9.81. The number of piperazine rings is 1. The van der Waals surface area contributed by atoms with Crippen molar-refractivity contribution in [3.05, 3.63) is 167 Å². The summed E-state index contributed by atoms with van der Waals surface area (Å²) in [6, 6.07) is 25.1. The lowest BCUT2D eigenvalue weighted by Crippen LogP contribution is -2.58. The number of methoxy groups -OCH3 is 1. The van der Waals surface area contributed by atoms with Gasteiger partial charge in [-0.25, -0.2) is 38.7 Å². The fourth-order valence-electron chi connectivity index (χ4n) is 13.3. The minimum Gasteiger partial charge on any atom is -0.496 e. The number of hydrogen-bond acceptors (Lipinski definition) is 23. The van der Waals surface area contributed by atoms with Gasteiger partial charge in [0.1, 0.15) is 60.3 Å². The Bertz CT molecular complexity index is 5200. The first-order chi connectivity index (χ1) is 57.0. The summed E-state index contributed by atoms with van der Waals surface area (Å²) in [4.78, 5) is 128. The number of thiophene rings is 1. The Labute approximate surface area is 696 Å². The average Bonchev–Trinajstić information content (AvgIpc) is 1.60. The SMILES string of the molecule is C#CCOC(=O)N(C)Cc1cc(NC(=O)C(CCCNC(N)=O)NC(=O)C(NC(=O)CCOCCN2C(=O)C=CC2=O)C(C)C)ccc1COc1cc(-c2sc3ncnc(O[C@H](Cc4ccccc4OCc4ccnc(-c5ccccc5OC)n4)C(=O)O)c3c2-c2ccc(OCCN3CC[N+](C)(CCCS(=O)(=O)O)CC3)c(Cl)c2C)ccc1F. The molecule has 36 heteroatoms. The number of anilines is 1. The van der Waals surface area contributed by atoms with Crippen molar-refractivity contribution < 1.29 is 98.5 Å². The van der Waals surface area contributed by atoms with Crippen molar-refractivity contribution in [2.75, 3.05) is 111 Å². The van der Waals surface area contributed by atoms with Gasteiger partial charge in [0.2, 0.25) is 29.7 Å². The molecule has 0 bridgehead atoms. The molecule has 5 aromatic carbocycles. The highest BCUT2D eigenvalue weighted by atomic mass is 35.5. The monoisotopic (exact) mass is 1690 g/mol. The second kappa shape index (κ2) is 42.0. The number of urea groups is 1. The zero-order valence-electron chi connectivity index (χ0n) is 66.4. The Balaban J connectivity index is 0.925. The number of aliphatic carboxylic acids is 1. The van der Waals surface area contributed by atoms with Crippen LogP contribution in [-0.4, -0.2) is 229 Å². The normalized spacial score (nSPS) is 14.0. The Morgan fingerprint density at radius 2 is 1.56 bits per heavy atom. The van der Waals surface area contributed by atoms with Gasteiger partial charge in [0.05, 0.1) is 81.0 Å². The van der Waals surface area contributed by atoms with E-state index >= 15 is 4.39 Å². The molecule has 5 heterocycles. The van der Waals surface area contributed by atoms with Gasteiger partial charge in [-0.3, -0.25) is 38.3 Å². The molecule has 8 aromatic rings. The van der Waals surface area contributed by atoms with Crippen LogP contribution in [0.15, 0.2) is 128 Å². The van der Waals surface area contributed by atoms with Crippen molar-refractivity contribution in [2.45, 2.75) is 90.8 Å². The number of fused-ring (bicyclic) bond motifs is 1. The van der Waals surface area contributed by atoms with Crippen LogP contribution in [-0.2, 0) is 74.5 Å². The zero-order chi connectivity index (χ0) is 85.5. The van der Waals surface area contributed by atoms with Gasteiger partial charge in [-0.05, 0) is 114 Å². The van der Waals surface area contributed by atoms with Crippen LogP contribution in [0.3, 0.4) is 0 Å². The molecule has 0 saturated carbocycles. The first-order valence-corrected chi connectivity index (χ1v) is 41.0. The summed E-state index contributed by atoms with van der Waals surface area (Å²) in [5, 5.41) is 22.3. The van der Waals surface area contributed by atoms with Crippen molar-refractivity contribution in [3.8, 4) is 74.2 Å². The maximum atomic E-state index is 16.7. The second-order valence-corrected chi connectivity index (χ2v) is 31.7. The molecule has 0 aliphatic carbocycles. The molecule has 0 spiro atoms. The second-order valence-electron chi connectivity index (χ2n) is 28.8. The predicted molar refractivity (Wildman–Crippen MR) is 440 cm³/mol. The predicted octanol–water partition coefficient (Wildman–Crippen LogP) is 8.79. The number of amides is 8. The number of nitrogens with two attached hydrogens (primary N) is 1. The topological polar surface area (TPSA) is 411 Å². The van der Waals surface area contributed by atoms with Crippen molar-refractivity contribution in [2.24, 2.45) is 11.7 Å². The quantitative estimate of drug-likeness (QED) is 0.00617. The Kier molecular flexibility index (Phi) is 31.5. The maximum Gasteiger partial charge on any atom is 0.410 e. The number of halogens is 2. The molecule has 3 aromatic heterocycles. The number of para-hydroxylation sites is 2. The van der Waals surface area contributed by atoms with Gasteiger partial charge in [-0.15, -0.1) is 17.8 Å². The average molecular weight is 1700 g/mol. The standard InChI is InChI=1S/C83H93ClFN13O19S2/c1-8-39-114-83(107)95(5)47-56-44-57(92-77(102)62(17-13-30-88-82(86)106)93-78(103)74(51(2)3)94-68(99)29-40-112-41-35-97-69(100)26-27-70(97)101)22-20-55(56)48-115-66-46-54(21-24-61(66)85)75-71(59-23-25-65(73(84)52(59)4)113-42-34-96-32-37-98(6,38-33-96)36-14-43-119(108,109)110)72-79(89-50-90-80(72)118-75)117-67(81(104)105)45-53-15-9-11-18-63(53)116-49-58-28-31-87-76(91-58)60-16-10-12-19-64(60)111-7/h1,9-12,15-16,18-28,31,44,46,50-51,62,67,74H,13-14,17,29-30,32-43,45,47-49H2,2-7H3,(H7-,86,88,92,93,94,99,102,103,104,105,106,108,109,110)/p+1/t62?,67-,74?/m1/s1. The van der Waals surface area contributed by atoms with Crippen LogP contribution in [0, 0.1) is 31.0 Å². The number of carbonyl (C=O) groups excluding carboxylic acids is 7. The number of quaternary nitrogens is 1. The van der Waals surface area contributed by atoms with Crippen LogP contribution in [0.5, 0.6) is 28.9 Å². The molecule has 1 fully saturated rings. The van der Waals surface area contributed by atoms with E-state index in [0.717, 1.165) is 30.1 Å². The van der Waals surface area contributed by atoms with E-state index in [4.69, 9.17) is 66.9 Å². The van der Waals surface area contributed by atoms with Crippen LogP contribution in [0.1, 0.15) is 67.5 Å². The summed E-state index contributed by atoms with van der Waals surface area (Å²) >= 11 is 8.51. The van der Waals surface area contributed by atoms with Crippen LogP contribution in [0.2, 0.25) is 5.02 Å². The highest BCUT2D eigenvalue weighted by Crippen LogP contribution is 2.50. The van der Waals surface area contributed by atoms with E-state index in [1.54, 1.807) is 94.7 Å². The summed E-state index contributed by atoms with van der Waals surface area (Å²) in [6.07, 6.45) is 8.21. The molecule has 1 saturated heterocycles. The molecule has 2 aliphatic heterocycles. The molecule has 32 nitrogen and oxygen atoms in total. The zero-order valence-corrected chi connectivity index (χ0v) is 68.8. The van der Waals surface area contributed by atoms with E-state index in [2.05, 4.69) is 49.1 Å². The van der Waals surface area contributed by atoms with Crippen molar-refractivity contribution >= 4 is 96.6 Å². The Morgan fingerprint density at radius 1 is 0.824 bits per heavy atom. The molecule has 8 amide bonds. The number of likely N-dealkylation sites (N-methyl/N-ethyl adjacent to an activating group) is 1. The third-order valence-electron chi connectivity index (χ3n) is 19.8. The summed E-state index contributed by atoms with van der Waals surface area (Å²) in [7, 11) is 0.985. The molecule has 119 heavy (non-hydrogen) atoms. The number of nitrogens with one attached hydrogen (secondary N) is 4. The number of carboxylic acid groups (broad SMARTS) is 1. The van der Waals surface area contributed by atoms with Gasteiger partial charge in [0.15, 0.2) is 24.0 Å². The van der Waals surface area contributed by atoms with E-state index in [0.29, 0.717) is 120 Å². The van der Waals surface area contributed by atoms with Crippen LogP contribution < -0.4 is 50.7 Å². The van der Waals surface area contributed by atoms with E-state index in [1.807, 2.05) is 18.2 Å². The van der Waals surface area contributed by atoms with Crippen molar-refractivity contribution in [3.63, 3.8) is 0 Å². The number of terminal acetylenes is 1. The number of nitrogens with zero attached hydrogens (tertiary/aromatic N) is 8. The van der Waals surface area contributed by atoms with E-state index in [9.17, 15) is 56.4 Å². The molecular formula is C83H94ClFN13O19S2+. The molecule has 8 N–H and O–H groups in total. The minimum absolute atomic E-state index is 0.0163. The molecule has 0 radical (unpaired) electrons. The largest absolute Gasteiger partial charge is 0.496 e. The van der Waals surface area contributed by atoms with E-state index < -0.39 is 87.7 Å². The van der Waals surface area contributed by atoms with Gasteiger partial charge >= 0.3 is 18.1 Å². The Hall–Kier alpha value is -11.9. The number of imide groups is 1. The van der Waals surface area contributed by atoms with Crippen LogP contribution in [0.4, 0.5) is 19.7 Å². The first kappa shape index (κ1) is 89.4. The molecule has 2 unspecified atom stereocenters. The molecule has 10 rings (SSSR count). The fraction of sp³-hybridized carbons (Fsp3) is 0.373. The molecule has 3 atom stereocenters. The molecule has 2 aliphatic rings.